The molecule has 0 atom stereocenters. The minimum Gasteiger partial charge on any atom is -0.496 e. The lowest BCUT2D eigenvalue weighted by atomic mass is 10.2. The topological polar surface area (TPSA) is 47.0 Å². The van der Waals surface area contributed by atoms with E-state index in [-0.39, 0.29) is 0 Å². The Balaban J connectivity index is 2.07. The average molecular weight is 250 g/mol. The first-order chi connectivity index (χ1) is 8.29. The number of benzene rings is 1. The van der Waals surface area contributed by atoms with E-state index in [1.165, 1.54) is 6.33 Å². The van der Waals surface area contributed by atoms with Gasteiger partial charge in [-0.3, -0.25) is 0 Å². The third-order valence-corrected chi connectivity index (χ3v) is 2.49. The second-order valence-electron chi connectivity index (χ2n) is 3.39. The molecule has 2 aromatic rings. The predicted molar refractivity (Wildman–Crippen MR) is 67.4 cm³/mol. The molecule has 1 N–H and O–H groups in total. The second-order valence-corrected chi connectivity index (χ2v) is 3.78. The number of halogens is 1. The first kappa shape index (κ1) is 11.7. The van der Waals surface area contributed by atoms with Gasteiger partial charge in [-0.15, -0.1) is 0 Å². The Labute approximate surface area is 105 Å². The van der Waals surface area contributed by atoms with E-state index in [0.717, 1.165) is 11.3 Å². The summed E-state index contributed by atoms with van der Waals surface area (Å²) in [5, 5.41) is 3.58. The number of hydrogen-bond donors (Lipinski definition) is 1. The van der Waals surface area contributed by atoms with Crippen LogP contribution in [0.3, 0.4) is 0 Å². The smallest absolute Gasteiger partial charge is 0.134 e. The van der Waals surface area contributed by atoms with E-state index in [1.807, 2.05) is 24.3 Å². The van der Waals surface area contributed by atoms with Crippen molar-refractivity contribution in [2.24, 2.45) is 0 Å². The van der Waals surface area contributed by atoms with Crippen molar-refractivity contribution < 1.29 is 4.74 Å². The van der Waals surface area contributed by atoms with Crippen LogP contribution in [0.1, 0.15) is 5.56 Å². The SMILES string of the molecule is COc1ccccc1CNc1cc(Cl)ncn1. The van der Waals surface area contributed by atoms with E-state index >= 15 is 0 Å². The number of ether oxygens (including phenoxy) is 1. The van der Waals surface area contributed by atoms with E-state index in [9.17, 15) is 0 Å². The van der Waals surface area contributed by atoms with Crippen LogP contribution in [0.2, 0.25) is 5.15 Å². The number of nitrogens with one attached hydrogen (secondary N) is 1. The van der Waals surface area contributed by atoms with Gasteiger partial charge in [-0.25, -0.2) is 9.97 Å². The monoisotopic (exact) mass is 249 g/mol. The summed E-state index contributed by atoms with van der Waals surface area (Å²) in [5.74, 6) is 1.54. The maximum Gasteiger partial charge on any atom is 0.134 e. The molecule has 0 unspecified atom stereocenters. The number of anilines is 1. The highest BCUT2D eigenvalue weighted by molar-refractivity contribution is 6.29. The van der Waals surface area contributed by atoms with Crippen molar-refractivity contribution in [3.63, 3.8) is 0 Å². The first-order valence-electron chi connectivity index (χ1n) is 5.13. The van der Waals surface area contributed by atoms with Crippen LogP contribution in [0.25, 0.3) is 0 Å². The van der Waals surface area contributed by atoms with Crippen molar-refractivity contribution in [3.8, 4) is 5.75 Å². The fourth-order valence-electron chi connectivity index (χ4n) is 1.47. The fraction of sp³-hybridized carbons (Fsp3) is 0.167. The molecule has 1 aromatic heterocycles. The van der Waals surface area contributed by atoms with Gasteiger partial charge < -0.3 is 10.1 Å². The first-order valence-corrected chi connectivity index (χ1v) is 5.50. The molecule has 1 aromatic carbocycles. The molecule has 0 saturated heterocycles. The maximum absolute atomic E-state index is 5.77. The zero-order valence-corrected chi connectivity index (χ0v) is 10.1. The van der Waals surface area contributed by atoms with Gasteiger partial charge in [0.25, 0.3) is 0 Å². The van der Waals surface area contributed by atoms with Gasteiger partial charge in [0, 0.05) is 18.2 Å². The van der Waals surface area contributed by atoms with Crippen molar-refractivity contribution in [1.29, 1.82) is 0 Å². The highest BCUT2D eigenvalue weighted by Crippen LogP contribution is 2.18. The van der Waals surface area contributed by atoms with Crippen LogP contribution >= 0.6 is 11.6 Å². The molecular formula is C12H12ClN3O. The third-order valence-electron chi connectivity index (χ3n) is 2.29. The molecule has 0 saturated carbocycles. The summed E-state index contributed by atoms with van der Waals surface area (Å²) in [6.45, 7) is 0.622. The molecule has 0 aliphatic carbocycles. The van der Waals surface area contributed by atoms with Crippen LogP contribution < -0.4 is 10.1 Å². The van der Waals surface area contributed by atoms with Gasteiger partial charge in [-0.05, 0) is 6.07 Å². The minimum absolute atomic E-state index is 0.419. The molecule has 1 heterocycles. The maximum atomic E-state index is 5.77. The van der Waals surface area contributed by atoms with Crippen LogP contribution in [0, 0.1) is 0 Å². The summed E-state index contributed by atoms with van der Waals surface area (Å²) in [4.78, 5) is 7.88. The van der Waals surface area contributed by atoms with Gasteiger partial charge in [0.2, 0.25) is 0 Å². The molecular weight excluding hydrogens is 238 g/mol. The molecule has 0 bridgehead atoms. The van der Waals surface area contributed by atoms with Gasteiger partial charge in [0.05, 0.1) is 7.11 Å². The number of aromatic nitrogens is 2. The predicted octanol–water partition coefficient (Wildman–Crippen LogP) is 2.75. The van der Waals surface area contributed by atoms with E-state index < -0.39 is 0 Å². The van der Waals surface area contributed by atoms with Crippen LogP contribution in [0.15, 0.2) is 36.7 Å². The number of methoxy groups -OCH3 is 1. The Morgan fingerprint density at radius 3 is 2.88 bits per heavy atom. The summed E-state index contributed by atoms with van der Waals surface area (Å²) in [6, 6.07) is 9.49. The zero-order valence-electron chi connectivity index (χ0n) is 9.35. The third kappa shape index (κ3) is 3.07. The van der Waals surface area contributed by atoms with Gasteiger partial charge in [-0.1, -0.05) is 29.8 Å². The van der Waals surface area contributed by atoms with Crippen LogP contribution in [-0.2, 0) is 6.54 Å². The molecule has 0 aliphatic heterocycles. The summed E-state index contributed by atoms with van der Waals surface area (Å²) >= 11 is 5.77. The average Bonchev–Trinajstić information content (AvgIpc) is 2.37. The lowest BCUT2D eigenvalue weighted by Crippen LogP contribution is -2.03. The van der Waals surface area contributed by atoms with Gasteiger partial charge in [0.1, 0.15) is 23.0 Å². The molecule has 0 radical (unpaired) electrons. The summed E-state index contributed by atoms with van der Waals surface area (Å²) in [7, 11) is 1.65. The Morgan fingerprint density at radius 1 is 1.29 bits per heavy atom. The molecule has 0 fully saturated rings. The minimum atomic E-state index is 0.419. The largest absolute Gasteiger partial charge is 0.496 e. The number of rotatable bonds is 4. The van der Waals surface area contributed by atoms with Gasteiger partial charge in [0.15, 0.2) is 0 Å². The molecule has 0 spiro atoms. The Kier molecular flexibility index (Phi) is 3.77. The molecule has 0 aliphatic rings. The quantitative estimate of drug-likeness (QED) is 0.847. The molecule has 2 rings (SSSR count). The second kappa shape index (κ2) is 5.50. The summed E-state index contributed by atoms with van der Waals surface area (Å²) < 4.78 is 5.26. The number of para-hydroxylation sites is 1. The van der Waals surface area contributed by atoms with Crippen LogP contribution in [0.5, 0.6) is 5.75 Å². The van der Waals surface area contributed by atoms with Crippen molar-refractivity contribution in [1.82, 2.24) is 9.97 Å². The van der Waals surface area contributed by atoms with Gasteiger partial charge in [-0.2, -0.15) is 0 Å². The normalized spacial score (nSPS) is 10.0. The highest BCUT2D eigenvalue weighted by Gasteiger charge is 2.02. The van der Waals surface area contributed by atoms with E-state index in [1.54, 1.807) is 13.2 Å². The number of hydrogen-bond acceptors (Lipinski definition) is 4. The fourth-order valence-corrected chi connectivity index (χ4v) is 1.61. The van der Waals surface area contributed by atoms with Crippen molar-refractivity contribution >= 4 is 17.4 Å². The molecule has 17 heavy (non-hydrogen) atoms. The van der Waals surface area contributed by atoms with Crippen molar-refractivity contribution in [2.75, 3.05) is 12.4 Å². The van der Waals surface area contributed by atoms with E-state index in [0.29, 0.717) is 17.5 Å². The molecule has 88 valence electrons. The molecule has 4 nitrogen and oxygen atoms in total. The Bertz CT molecular complexity index is 505. The van der Waals surface area contributed by atoms with E-state index in [2.05, 4.69) is 15.3 Å². The molecule has 5 heteroatoms. The lowest BCUT2D eigenvalue weighted by Gasteiger charge is -2.09. The van der Waals surface area contributed by atoms with Crippen LogP contribution in [-0.4, -0.2) is 17.1 Å². The van der Waals surface area contributed by atoms with Crippen molar-refractivity contribution in [3.05, 3.63) is 47.4 Å². The highest BCUT2D eigenvalue weighted by atomic mass is 35.5. The van der Waals surface area contributed by atoms with Crippen molar-refractivity contribution in [2.45, 2.75) is 6.54 Å². The van der Waals surface area contributed by atoms with Crippen LogP contribution in [0.4, 0.5) is 5.82 Å². The zero-order chi connectivity index (χ0) is 12.1. The summed E-state index contributed by atoms with van der Waals surface area (Å²) in [6.07, 6.45) is 1.42. The Hall–Kier alpha value is -1.81. The number of nitrogens with zero attached hydrogens (tertiary/aromatic N) is 2. The standard InChI is InChI=1S/C12H12ClN3O/c1-17-10-5-3-2-4-9(10)7-14-12-6-11(13)15-8-16-12/h2-6,8H,7H2,1H3,(H,14,15,16). The van der Waals surface area contributed by atoms with Gasteiger partial charge >= 0.3 is 0 Å². The molecule has 0 amide bonds. The summed E-state index contributed by atoms with van der Waals surface area (Å²) in [5.41, 5.74) is 1.06. The van der Waals surface area contributed by atoms with E-state index in [4.69, 9.17) is 16.3 Å². The Morgan fingerprint density at radius 2 is 2.12 bits per heavy atom. The lowest BCUT2D eigenvalue weighted by molar-refractivity contribution is 0.410.